The summed E-state index contributed by atoms with van der Waals surface area (Å²) in [7, 11) is 0. The molecular weight excluding hydrogens is 276 g/mol. The lowest BCUT2D eigenvalue weighted by Gasteiger charge is -2.13. The van der Waals surface area contributed by atoms with Gasteiger partial charge in [0.25, 0.3) is 11.5 Å². The van der Waals surface area contributed by atoms with Crippen LogP contribution in [0.15, 0.2) is 17.2 Å². The summed E-state index contributed by atoms with van der Waals surface area (Å²) in [5.41, 5.74) is 0.840. The summed E-state index contributed by atoms with van der Waals surface area (Å²) in [6.45, 7) is 5.94. The highest BCUT2D eigenvalue weighted by molar-refractivity contribution is 7.11. The topological polar surface area (TPSA) is 87.7 Å². The van der Waals surface area contributed by atoms with E-state index in [0.29, 0.717) is 0 Å². The summed E-state index contributed by atoms with van der Waals surface area (Å²) in [6, 6.07) is -0.145. The highest BCUT2D eigenvalue weighted by Crippen LogP contribution is 2.24. The minimum atomic E-state index is -0.334. The number of thiazole rings is 1. The second-order valence-corrected chi connectivity index (χ2v) is 5.66. The zero-order valence-electron chi connectivity index (χ0n) is 11.6. The van der Waals surface area contributed by atoms with Gasteiger partial charge in [0.2, 0.25) is 0 Å². The van der Waals surface area contributed by atoms with Gasteiger partial charge in [0.15, 0.2) is 0 Å². The number of hydrogen-bond acceptors (Lipinski definition) is 5. The number of amides is 1. The average molecular weight is 292 g/mol. The lowest BCUT2D eigenvalue weighted by Crippen LogP contribution is -2.29. The molecule has 0 aromatic carbocycles. The van der Waals surface area contributed by atoms with Crippen molar-refractivity contribution in [3.8, 4) is 0 Å². The van der Waals surface area contributed by atoms with E-state index in [1.807, 2.05) is 20.8 Å². The van der Waals surface area contributed by atoms with E-state index in [0.717, 1.165) is 28.2 Å². The number of aromatic nitrogens is 3. The molecule has 0 unspecified atom stereocenters. The van der Waals surface area contributed by atoms with Crippen molar-refractivity contribution in [1.29, 1.82) is 0 Å². The van der Waals surface area contributed by atoms with Gasteiger partial charge in [0.1, 0.15) is 10.7 Å². The lowest BCUT2D eigenvalue weighted by atomic mass is 10.2. The first-order valence-corrected chi connectivity index (χ1v) is 7.12. The molecule has 2 aromatic heterocycles. The van der Waals surface area contributed by atoms with Gasteiger partial charge < -0.3 is 10.3 Å². The molecule has 0 aliphatic heterocycles. The Morgan fingerprint density at radius 2 is 2.25 bits per heavy atom. The SMILES string of the molecule is CC[C@H](NC(=O)c1c[nH]c(=O)cn1)c1nc(C)c(C)s1. The molecular formula is C13H16N4O2S. The van der Waals surface area contributed by atoms with E-state index in [4.69, 9.17) is 0 Å². The van der Waals surface area contributed by atoms with E-state index in [2.05, 4.69) is 20.3 Å². The molecule has 0 fully saturated rings. The fraction of sp³-hybridized carbons (Fsp3) is 0.385. The lowest BCUT2D eigenvalue weighted by molar-refractivity contribution is 0.0930. The Morgan fingerprint density at radius 1 is 1.50 bits per heavy atom. The summed E-state index contributed by atoms with van der Waals surface area (Å²) in [6.07, 6.45) is 3.14. The molecule has 7 heteroatoms. The highest BCUT2D eigenvalue weighted by atomic mass is 32.1. The molecule has 0 radical (unpaired) electrons. The predicted molar refractivity (Wildman–Crippen MR) is 76.9 cm³/mol. The van der Waals surface area contributed by atoms with Crippen LogP contribution in [0.4, 0.5) is 0 Å². The number of hydrogen-bond donors (Lipinski definition) is 2. The number of carbonyl (C=O) groups is 1. The standard InChI is InChI=1S/C13H16N4O2S/c1-4-9(13-16-7(2)8(3)20-13)17-12(19)10-5-15-11(18)6-14-10/h5-6,9H,4H2,1-3H3,(H,15,18)(H,17,19)/t9-/m0/s1. The number of aryl methyl sites for hydroxylation is 2. The Balaban J connectivity index is 2.15. The maximum Gasteiger partial charge on any atom is 0.271 e. The zero-order valence-corrected chi connectivity index (χ0v) is 12.4. The number of aromatic amines is 1. The van der Waals surface area contributed by atoms with Crippen molar-refractivity contribution in [3.05, 3.63) is 44.0 Å². The number of nitrogens with one attached hydrogen (secondary N) is 2. The molecule has 0 aliphatic rings. The molecule has 20 heavy (non-hydrogen) atoms. The molecule has 0 saturated carbocycles. The zero-order chi connectivity index (χ0) is 14.7. The Labute approximate surface area is 120 Å². The molecule has 2 rings (SSSR count). The van der Waals surface area contributed by atoms with Gasteiger partial charge in [-0.1, -0.05) is 6.92 Å². The van der Waals surface area contributed by atoms with Gasteiger partial charge in [-0.05, 0) is 20.3 Å². The summed E-state index contributed by atoms with van der Waals surface area (Å²) in [4.78, 5) is 34.9. The molecule has 2 N–H and O–H groups in total. The fourth-order valence-electron chi connectivity index (χ4n) is 1.68. The van der Waals surface area contributed by atoms with Gasteiger partial charge in [-0.2, -0.15) is 0 Å². The Morgan fingerprint density at radius 3 is 2.75 bits per heavy atom. The van der Waals surface area contributed by atoms with Gasteiger partial charge in [-0.25, -0.2) is 9.97 Å². The van der Waals surface area contributed by atoms with Crippen molar-refractivity contribution in [1.82, 2.24) is 20.3 Å². The first-order valence-electron chi connectivity index (χ1n) is 6.30. The second kappa shape index (κ2) is 5.96. The molecule has 106 valence electrons. The van der Waals surface area contributed by atoms with Gasteiger partial charge >= 0.3 is 0 Å². The Kier molecular flexibility index (Phi) is 4.29. The third-order valence-electron chi connectivity index (χ3n) is 2.96. The maximum atomic E-state index is 12.1. The number of rotatable bonds is 4. The van der Waals surface area contributed by atoms with E-state index in [1.54, 1.807) is 11.3 Å². The molecule has 0 saturated heterocycles. The van der Waals surface area contributed by atoms with Crippen molar-refractivity contribution in [2.45, 2.75) is 33.2 Å². The third-order valence-corrected chi connectivity index (χ3v) is 4.15. The normalized spacial score (nSPS) is 12.2. The first-order chi connectivity index (χ1) is 9.51. The van der Waals surface area contributed by atoms with Crippen LogP contribution in [0.1, 0.15) is 45.5 Å². The van der Waals surface area contributed by atoms with Crippen LogP contribution in [0.2, 0.25) is 0 Å². The smallest absolute Gasteiger partial charge is 0.271 e. The van der Waals surface area contributed by atoms with Gasteiger partial charge in [-0.3, -0.25) is 9.59 Å². The van der Waals surface area contributed by atoms with Gasteiger partial charge in [0, 0.05) is 11.1 Å². The Hall–Kier alpha value is -2.02. The van der Waals surface area contributed by atoms with Crippen LogP contribution in [0.25, 0.3) is 0 Å². The van der Waals surface area contributed by atoms with Crippen LogP contribution >= 0.6 is 11.3 Å². The van der Waals surface area contributed by atoms with Crippen LogP contribution in [-0.4, -0.2) is 20.9 Å². The molecule has 2 aromatic rings. The van der Waals surface area contributed by atoms with Crippen molar-refractivity contribution >= 4 is 17.2 Å². The minimum Gasteiger partial charge on any atom is -0.341 e. The fourth-order valence-corrected chi connectivity index (χ4v) is 2.74. The second-order valence-electron chi connectivity index (χ2n) is 4.42. The van der Waals surface area contributed by atoms with Crippen LogP contribution in [0, 0.1) is 13.8 Å². The van der Waals surface area contributed by atoms with Gasteiger partial charge in [-0.15, -0.1) is 11.3 Å². The quantitative estimate of drug-likeness (QED) is 0.898. The molecule has 1 atom stereocenters. The largest absolute Gasteiger partial charge is 0.341 e. The molecule has 0 spiro atoms. The summed E-state index contributed by atoms with van der Waals surface area (Å²) in [5, 5.41) is 3.77. The highest BCUT2D eigenvalue weighted by Gasteiger charge is 2.18. The first kappa shape index (κ1) is 14.4. The third kappa shape index (κ3) is 3.11. The number of carbonyl (C=O) groups excluding carboxylic acids is 1. The van der Waals surface area contributed by atoms with Crippen LogP contribution < -0.4 is 10.9 Å². The summed E-state index contributed by atoms with van der Waals surface area (Å²) < 4.78 is 0. The average Bonchev–Trinajstić information content (AvgIpc) is 2.76. The number of H-pyrrole nitrogens is 1. The van der Waals surface area contributed by atoms with Crippen molar-refractivity contribution < 1.29 is 4.79 Å². The summed E-state index contributed by atoms with van der Waals surface area (Å²) in [5.74, 6) is -0.321. The van der Waals surface area contributed by atoms with E-state index in [-0.39, 0.29) is 23.2 Å². The van der Waals surface area contributed by atoms with E-state index in [1.165, 1.54) is 6.20 Å². The van der Waals surface area contributed by atoms with E-state index >= 15 is 0 Å². The van der Waals surface area contributed by atoms with Crippen molar-refractivity contribution in [3.63, 3.8) is 0 Å². The molecule has 0 bridgehead atoms. The van der Waals surface area contributed by atoms with Crippen molar-refractivity contribution in [2.24, 2.45) is 0 Å². The molecule has 0 aliphatic carbocycles. The van der Waals surface area contributed by atoms with Crippen molar-refractivity contribution in [2.75, 3.05) is 0 Å². The predicted octanol–water partition coefficient (Wildman–Crippen LogP) is 1.72. The van der Waals surface area contributed by atoms with E-state index < -0.39 is 0 Å². The number of nitrogens with zero attached hydrogens (tertiary/aromatic N) is 2. The molecule has 1 amide bonds. The minimum absolute atomic E-state index is 0.145. The molecule has 6 nitrogen and oxygen atoms in total. The maximum absolute atomic E-state index is 12.1. The summed E-state index contributed by atoms with van der Waals surface area (Å²) >= 11 is 1.58. The molecule has 2 heterocycles. The van der Waals surface area contributed by atoms with Crippen LogP contribution in [0.5, 0.6) is 0 Å². The van der Waals surface area contributed by atoms with Gasteiger partial charge in [0.05, 0.1) is 17.9 Å². The van der Waals surface area contributed by atoms with E-state index in [9.17, 15) is 9.59 Å². The van der Waals surface area contributed by atoms with Crippen LogP contribution in [0.3, 0.4) is 0 Å². The van der Waals surface area contributed by atoms with Crippen LogP contribution in [-0.2, 0) is 0 Å². The monoisotopic (exact) mass is 292 g/mol. The Bertz CT molecular complexity index is 637.